The van der Waals surface area contributed by atoms with E-state index in [-0.39, 0.29) is 0 Å². The number of carbonyl (C=O) groups excluding carboxylic acids is 1. The van der Waals surface area contributed by atoms with E-state index in [9.17, 15) is 4.79 Å². The Hall–Kier alpha value is -3.95. The number of hydrogen-bond donors (Lipinski definition) is 1. The first-order chi connectivity index (χ1) is 20.7. The molecule has 1 aliphatic heterocycles. The molecule has 0 saturated heterocycles. The molecule has 1 atom stereocenters. The Balaban J connectivity index is 1.48. The van der Waals surface area contributed by atoms with Crippen LogP contribution < -0.4 is 14.8 Å². The fraction of sp³-hybridized carbons (Fsp3) is 0.303. The average Bonchev–Trinajstić information content (AvgIpc) is 3.39. The topological polar surface area (TPSA) is 87.5 Å². The van der Waals surface area contributed by atoms with Gasteiger partial charge in [-0.1, -0.05) is 59.8 Å². The van der Waals surface area contributed by atoms with Crippen LogP contribution in [0.15, 0.2) is 71.0 Å². The number of halogens is 1. The van der Waals surface area contributed by atoms with E-state index < -0.39 is 12.0 Å². The van der Waals surface area contributed by atoms with E-state index in [0.29, 0.717) is 57.9 Å². The maximum atomic E-state index is 13.1. The number of nitrogens with zero attached hydrogens (tertiary/aromatic N) is 3. The molecule has 0 amide bonds. The van der Waals surface area contributed by atoms with Crippen LogP contribution in [0.25, 0.3) is 0 Å². The van der Waals surface area contributed by atoms with Crippen molar-refractivity contribution in [2.45, 2.75) is 58.2 Å². The summed E-state index contributed by atoms with van der Waals surface area (Å²) in [6.45, 7) is 10.9. The number of carbonyl (C=O) groups is 1. The highest BCUT2D eigenvalue weighted by Crippen LogP contribution is 2.40. The molecule has 0 bridgehead atoms. The summed E-state index contributed by atoms with van der Waals surface area (Å²) in [7, 11) is 1.37. The Morgan fingerprint density at radius 1 is 0.977 bits per heavy atom. The molecule has 0 fully saturated rings. The van der Waals surface area contributed by atoms with Crippen LogP contribution in [-0.4, -0.2) is 34.5 Å². The molecule has 0 spiro atoms. The first-order valence-corrected chi connectivity index (χ1v) is 15.4. The van der Waals surface area contributed by atoms with Gasteiger partial charge in [0, 0.05) is 16.5 Å². The van der Waals surface area contributed by atoms with Crippen LogP contribution in [0.4, 0.5) is 5.95 Å². The third-order valence-corrected chi connectivity index (χ3v) is 8.73. The first kappa shape index (κ1) is 30.5. The zero-order chi connectivity index (χ0) is 30.7. The van der Waals surface area contributed by atoms with E-state index >= 15 is 0 Å². The van der Waals surface area contributed by atoms with E-state index in [1.54, 1.807) is 4.68 Å². The quantitative estimate of drug-likeness (QED) is 0.144. The maximum Gasteiger partial charge on any atom is 0.338 e. The van der Waals surface area contributed by atoms with E-state index in [2.05, 4.69) is 38.2 Å². The zero-order valence-electron chi connectivity index (χ0n) is 25.2. The highest BCUT2D eigenvalue weighted by molar-refractivity contribution is 7.98. The minimum Gasteiger partial charge on any atom is -0.490 e. The fourth-order valence-electron chi connectivity index (χ4n) is 5.05. The standard InChI is InChI=1S/C33H35ClN4O4S/c1-7-41-28-16-23(12-13-27(28)42-17-25-15-20(3)19(2)14-21(25)4)30-29(31(39)40-6)22(5)35-32-36-33(37-38(30)32)43-18-24-10-8-9-11-26(24)34/h8-16,30H,7,17-18H2,1-6H3,(H,35,36,37). The lowest BCUT2D eigenvalue weighted by Crippen LogP contribution is -2.29. The number of fused-ring (bicyclic) bond motifs is 1. The van der Waals surface area contributed by atoms with Crippen LogP contribution in [-0.2, 0) is 21.9 Å². The smallest absolute Gasteiger partial charge is 0.338 e. The van der Waals surface area contributed by atoms with Crippen molar-refractivity contribution in [2.24, 2.45) is 0 Å². The Morgan fingerprint density at radius 3 is 2.49 bits per heavy atom. The van der Waals surface area contributed by atoms with Crippen LogP contribution in [0.1, 0.15) is 53.3 Å². The van der Waals surface area contributed by atoms with Crippen molar-refractivity contribution in [1.29, 1.82) is 0 Å². The lowest BCUT2D eigenvalue weighted by molar-refractivity contribution is -0.136. The van der Waals surface area contributed by atoms with Crippen molar-refractivity contribution in [3.63, 3.8) is 0 Å². The molecule has 0 aliphatic carbocycles. The molecule has 2 heterocycles. The molecule has 0 radical (unpaired) electrons. The first-order valence-electron chi connectivity index (χ1n) is 14.0. The maximum absolute atomic E-state index is 13.1. The van der Waals surface area contributed by atoms with Crippen LogP contribution in [0, 0.1) is 20.8 Å². The highest BCUT2D eigenvalue weighted by atomic mass is 35.5. The Morgan fingerprint density at radius 2 is 1.74 bits per heavy atom. The Kier molecular flexibility index (Phi) is 9.32. The third-order valence-electron chi connectivity index (χ3n) is 7.47. The van der Waals surface area contributed by atoms with Gasteiger partial charge in [-0.2, -0.15) is 4.98 Å². The van der Waals surface area contributed by atoms with E-state index in [4.69, 9.17) is 35.9 Å². The number of anilines is 1. The summed E-state index contributed by atoms with van der Waals surface area (Å²) in [5.74, 6) is 1.87. The SMILES string of the molecule is CCOc1cc(C2C(C(=O)OC)=C(C)Nc3nc(SCc4ccccc4Cl)nn32)ccc1OCc1cc(C)c(C)cc1C. The monoisotopic (exact) mass is 618 g/mol. The van der Waals surface area contributed by atoms with Gasteiger partial charge in [-0.15, -0.1) is 5.10 Å². The molecule has 5 rings (SSSR count). The van der Waals surface area contributed by atoms with E-state index in [1.165, 1.54) is 35.6 Å². The molecule has 1 aliphatic rings. The number of hydrogen-bond acceptors (Lipinski definition) is 8. The molecular weight excluding hydrogens is 584 g/mol. The van der Waals surface area contributed by atoms with Gasteiger partial charge in [0.2, 0.25) is 11.1 Å². The van der Waals surface area contributed by atoms with Crippen LogP contribution in [0.5, 0.6) is 11.5 Å². The van der Waals surface area contributed by atoms with Crippen molar-refractivity contribution in [3.8, 4) is 11.5 Å². The second-order valence-electron chi connectivity index (χ2n) is 10.4. The lowest BCUT2D eigenvalue weighted by atomic mass is 9.95. The minimum absolute atomic E-state index is 0.408. The number of rotatable bonds is 10. The predicted molar refractivity (Wildman–Crippen MR) is 170 cm³/mol. The number of aromatic nitrogens is 3. The number of esters is 1. The summed E-state index contributed by atoms with van der Waals surface area (Å²) in [5, 5.41) is 9.28. The Bertz CT molecular complexity index is 1700. The Labute approximate surface area is 261 Å². The van der Waals surface area contributed by atoms with Gasteiger partial charge in [-0.25, -0.2) is 9.48 Å². The molecule has 0 saturated carbocycles. The number of thioether (sulfide) groups is 1. The minimum atomic E-state index is -0.596. The van der Waals surface area contributed by atoms with E-state index in [0.717, 1.165) is 16.7 Å². The highest BCUT2D eigenvalue weighted by Gasteiger charge is 2.35. The van der Waals surface area contributed by atoms with Crippen LogP contribution in [0.3, 0.4) is 0 Å². The van der Waals surface area contributed by atoms with Crippen molar-refractivity contribution in [2.75, 3.05) is 19.0 Å². The largest absolute Gasteiger partial charge is 0.490 e. The second kappa shape index (κ2) is 13.1. The van der Waals surface area contributed by atoms with Gasteiger partial charge in [0.1, 0.15) is 12.6 Å². The zero-order valence-corrected chi connectivity index (χ0v) is 26.7. The van der Waals surface area contributed by atoms with Crippen molar-refractivity contribution in [1.82, 2.24) is 14.8 Å². The van der Waals surface area contributed by atoms with Crippen molar-refractivity contribution >= 4 is 35.3 Å². The lowest BCUT2D eigenvalue weighted by Gasteiger charge is -2.28. The second-order valence-corrected chi connectivity index (χ2v) is 11.7. The molecule has 10 heteroatoms. The average molecular weight is 619 g/mol. The summed E-state index contributed by atoms with van der Waals surface area (Å²) in [5.41, 5.74) is 7.63. The summed E-state index contributed by atoms with van der Waals surface area (Å²) in [4.78, 5) is 17.8. The normalized spacial score (nSPS) is 14.3. The summed E-state index contributed by atoms with van der Waals surface area (Å²) in [6, 6.07) is 17.2. The molecule has 1 N–H and O–H groups in total. The van der Waals surface area contributed by atoms with Gasteiger partial charge >= 0.3 is 5.97 Å². The van der Waals surface area contributed by atoms with Gasteiger partial charge in [-0.05, 0) is 86.2 Å². The van der Waals surface area contributed by atoms with Gasteiger partial charge in [0.15, 0.2) is 11.5 Å². The van der Waals surface area contributed by atoms with Gasteiger partial charge < -0.3 is 19.5 Å². The van der Waals surface area contributed by atoms with Crippen molar-refractivity contribution in [3.05, 3.63) is 104 Å². The molecule has 43 heavy (non-hydrogen) atoms. The van der Waals surface area contributed by atoms with E-state index in [1.807, 2.05) is 56.3 Å². The number of allylic oxidation sites excluding steroid dienone is 1. The summed E-state index contributed by atoms with van der Waals surface area (Å²) >= 11 is 7.83. The number of methoxy groups -OCH3 is 1. The van der Waals surface area contributed by atoms with Gasteiger partial charge in [0.05, 0.1) is 19.3 Å². The molecule has 4 aromatic rings. The number of nitrogens with one attached hydrogen (secondary N) is 1. The molecule has 224 valence electrons. The third kappa shape index (κ3) is 6.53. The predicted octanol–water partition coefficient (Wildman–Crippen LogP) is 7.59. The summed E-state index contributed by atoms with van der Waals surface area (Å²) in [6.07, 6.45) is 0. The molecular formula is C33H35ClN4O4S. The van der Waals surface area contributed by atoms with Crippen LogP contribution >= 0.6 is 23.4 Å². The summed E-state index contributed by atoms with van der Waals surface area (Å²) < 4.78 is 19.2. The number of ether oxygens (including phenoxy) is 3. The van der Waals surface area contributed by atoms with Gasteiger partial charge in [-0.3, -0.25) is 0 Å². The molecule has 1 unspecified atom stereocenters. The number of aryl methyl sites for hydroxylation is 3. The number of benzene rings is 3. The van der Waals surface area contributed by atoms with Crippen molar-refractivity contribution < 1.29 is 19.0 Å². The fourth-order valence-corrected chi connectivity index (χ4v) is 6.16. The van der Waals surface area contributed by atoms with Gasteiger partial charge in [0.25, 0.3) is 0 Å². The van der Waals surface area contributed by atoms with Crippen LogP contribution in [0.2, 0.25) is 5.02 Å². The molecule has 3 aromatic carbocycles. The molecule has 8 nitrogen and oxygen atoms in total. The molecule has 1 aromatic heterocycles.